The highest BCUT2D eigenvalue weighted by Gasteiger charge is 2.41. The van der Waals surface area contributed by atoms with Crippen molar-refractivity contribution >= 4 is 21.6 Å². The highest BCUT2D eigenvalue weighted by atomic mass is 28.4. The third-order valence-electron chi connectivity index (χ3n) is 11.2. The van der Waals surface area contributed by atoms with E-state index in [4.69, 9.17) is 4.43 Å². The predicted octanol–water partition coefficient (Wildman–Crippen LogP) is 11.4. The Balaban J connectivity index is 1.26. The number of rotatable bonds is 11. The van der Waals surface area contributed by atoms with E-state index in [0.717, 1.165) is 30.2 Å². The van der Waals surface area contributed by atoms with Gasteiger partial charge in [0.2, 0.25) is 0 Å². The van der Waals surface area contributed by atoms with Crippen molar-refractivity contribution in [2.45, 2.75) is 141 Å². The number of hydrogen-bond acceptors (Lipinski definition) is 1. The average molecular weight is 599 g/mol. The quantitative estimate of drug-likeness (QED) is 0.185. The smallest absolute Gasteiger partial charge is 0.250 e. The van der Waals surface area contributed by atoms with Gasteiger partial charge in [0.1, 0.15) is 0 Å². The average Bonchev–Trinajstić information content (AvgIpc) is 2.95. The highest BCUT2D eigenvalue weighted by molar-refractivity contribution is 6.92. The van der Waals surface area contributed by atoms with Gasteiger partial charge in [-0.25, -0.2) is 8.78 Å². The van der Waals surface area contributed by atoms with Crippen molar-refractivity contribution in [3.8, 4) is 5.75 Å². The van der Waals surface area contributed by atoms with Crippen LogP contribution in [0.3, 0.4) is 0 Å². The lowest BCUT2D eigenvalue weighted by Crippen LogP contribution is -2.50. The fourth-order valence-corrected chi connectivity index (χ4v) is 13.7. The van der Waals surface area contributed by atoms with Crippen LogP contribution in [0.1, 0.15) is 110 Å². The fraction of sp³-hybridized carbons (Fsp3) is 0.667. The maximum absolute atomic E-state index is 15.1. The monoisotopic (exact) mass is 598 g/mol. The second-order valence-electron chi connectivity index (χ2n) is 15.0. The van der Waals surface area contributed by atoms with E-state index in [-0.39, 0.29) is 16.7 Å². The van der Waals surface area contributed by atoms with Gasteiger partial charge in [-0.3, -0.25) is 0 Å². The molecule has 0 aromatic heterocycles. The predicted molar refractivity (Wildman–Crippen MR) is 177 cm³/mol. The molecule has 2 fully saturated rings. The largest absolute Gasteiger partial charge is 0.540 e. The molecule has 2 aromatic rings. The van der Waals surface area contributed by atoms with E-state index in [0.29, 0.717) is 0 Å². The van der Waals surface area contributed by atoms with Crippen LogP contribution in [0, 0.1) is 23.5 Å². The van der Waals surface area contributed by atoms with Gasteiger partial charge in [0, 0.05) is 0 Å². The molecule has 1 heterocycles. The molecular formula is C36H56F2OSi2. The summed E-state index contributed by atoms with van der Waals surface area (Å²) in [6.45, 7) is 12.6. The second-order valence-corrected chi connectivity index (χ2v) is 24.4. The van der Waals surface area contributed by atoms with Crippen molar-refractivity contribution in [3.63, 3.8) is 0 Å². The molecule has 0 N–H and O–H groups in total. The lowest BCUT2D eigenvalue weighted by Gasteiger charge is -2.40. The van der Waals surface area contributed by atoms with Crippen molar-refractivity contribution in [2.24, 2.45) is 11.8 Å². The first-order valence-corrected chi connectivity index (χ1v) is 22.2. The van der Waals surface area contributed by atoms with Crippen molar-refractivity contribution < 1.29 is 13.2 Å². The summed E-state index contributed by atoms with van der Waals surface area (Å²) >= 11 is 0. The Morgan fingerprint density at radius 2 is 1.39 bits per heavy atom. The molecule has 0 atom stereocenters. The van der Waals surface area contributed by atoms with Crippen LogP contribution >= 0.6 is 0 Å². The van der Waals surface area contributed by atoms with Crippen LogP contribution in [-0.2, 0) is 0 Å². The van der Waals surface area contributed by atoms with Gasteiger partial charge in [0.25, 0.3) is 8.32 Å². The first-order valence-electron chi connectivity index (χ1n) is 16.7. The van der Waals surface area contributed by atoms with E-state index in [1.807, 2.05) is 13.1 Å². The van der Waals surface area contributed by atoms with Crippen LogP contribution in [0.15, 0.2) is 42.5 Å². The molecule has 0 amide bonds. The third-order valence-corrected chi connectivity index (χ3v) is 20.9. The molecule has 2 aliphatic rings. The molecule has 0 bridgehead atoms. The number of hydrogen-bond donors (Lipinski definition) is 0. The summed E-state index contributed by atoms with van der Waals surface area (Å²) in [5.41, 5.74) is 0.818. The zero-order chi connectivity index (χ0) is 29.7. The molecule has 4 rings (SSSR count). The molecule has 1 saturated heterocycles. The van der Waals surface area contributed by atoms with Crippen LogP contribution in [0.5, 0.6) is 5.75 Å². The first-order chi connectivity index (χ1) is 19.4. The van der Waals surface area contributed by atoms with Gasteiger partial charge in [-0.05, 0) is 79.3 Å². The molecular weight excluding hydrogens is 543 g/mol. The maximum atomic E-state index is 15.1. The van der Waals surface area contributed by atoms with Crippen LogP contribution in [0.4, 0.5) is 8.78 Å². The SMILES string of the molecule is CCCCC[Si]1(c2ccccc2)CCC(CCC2CCC(c3cc(F)c(O[Si](C)(C)C(C)(C)C)c(F)c3)CC2)CC1. The van der Waals surface area contributed by atoms with E-state index in [1.54, 1.807) is 17.3 Å². The molecule has 1 nitrogen and oxygen atoms in total. The Morgan fingerprint density at radius 1 is 0.829 bits per heavy atom. The lowest BCUT2D eigenvalue weighted by molar-refractivity contribution is 0.279. The molecule has 0 spiro atoms. The zero-order valence-electron chi connectivity index (χ0n) is 26.8. The van der Waals surface area contributed by atoms with Gasteiger partial charge in [0.15, 0.2) is 17.4 Å². The van der Waals surface area contributed by atoms with Gasteiger partial charge in [-0.1, -0.05) is 126 Å². The first kappa shape index (κ1) is 32.4. The van der Waals surface area contributed by atoms with Crippen LogP contribution in [0.2, 0.25) is 36.3 Å². The van der Waals surface area contributed by atoms with Gasteiger partial charge in [-0.2, -0.15) is 0 Å². The fourth-order valence-electron chi connectivity index (χ4n) is 7.28. The summed E-state index contributed by atoms with van der Waals surface area (Å²) in [7, 11) is -3.67. The normalized spacial score (nSPS) is 25.7. The third kappa shape index (κ3) is 8.13. The molecule has 41 heavy (non-hydrogen) atoms. The number of unbranched alkanes of at least 4 members (excludes halogenated alkanes) is 2. The Bertz CT molecular complexity index is 1070. The summed E-state index contributed by atoms with van der Waals surface area (Å²) in [6.07, 6.45) is 14.1. The Morgan fingerprint density at radius 3 is 1.93 bits per heavy atom. The van der Waals surface area contributed by atoms with E-state index in [2.05, 4.69) is 58.0 Å². The summed E-state index contributed by atoms with van der Waals surface area (Å²) < 4.78 is 36.2. The molecule has 1 saturated carbocycles. The summed E-state index contributed by atoms with van der Waals surface area (Å²) in [5, 5.41) is 1.60. The lowest BCUT2D eigenvalue weighted by atomic mass is 9.76. The molecule has 1 aliphatic heterocycles. The molecule has 0 radical (unpaired) electrons. The van der Waals surface area contributed by atoms with Crippen LogP contribution in [0.25, 0.3) is 0 Å². The Labute approximate surface area is 252 Å². The van der Waals surface area contributed by atoms with Crippen LogP contribution in [-0.4, -0.2) is 16.4 Å². The van der Waals surface area contributed by atoms with Crippen molar-refractivity contribution in [3.05, 3.63) is 59.7 Å². The Kier molecular flexibility index (Phi) is 11.0. The highest BCUT2D eigenvalue weighted by Crippen LogP contribution is 2.44. The standard InChI is InChI=1S/C36H56F2OSi2/c1-7-8-12-23-41(32-13-10-9-11-14-32)24-21-29(22-25-41)16-15-28-17-19-30(20-18-28)31-26-33(37)35(34(38)27-31)39-40(5,6)36(2,3)4/h9-11,13-14,26-30H,7-8,12,15-25H2,1-6H3. The van der Waals surface area contributed by atoms with Crippen molar-refractivity contribution in [1.29, 1.82) is 0 Å². The van der Waals surface area contributed by atoms with E-state index >= 15 is 8.78 Å². The molecule has 2 aromatic carbocycles. The molecule has 1 aliphatic carbocycles. The van der Waals surface area contributed by atoms with E-state index < -0.39 is 28.0 Å². The van der Waals surface area contributed by atoms with E-state index in [9.17, 15) is 0 Å². The number of benzene rings is 2. The Hall–Kier alpha value is -1.47. The topological polar surface area (TPSA) is 9.23 Å². The van der Waals surface area contributed by atoms with Gasteiger partial charge in [0.05, 0.1) is 8.07 Å². The van der Waals surface area contributed by atoms with Crippen molar-refractivity contribution in [1.82, 2.24) is 0 Å². The summed E-state index contributed by atoms with van der Waals surface area (Å²) in [5.74, 6) is 0.673. The van der Waals surface area contributed by atoms with Gasteiger partial charge >= 0.3 is 0 Å². The van der Waals surface area contributed by atoms with Gasteiger partial charge in [-0.15, -0.1) is 0 Å². The molecule has 5 heteroatoms. The molecule has 0 unspecified atom stereocenters. The minimum atomic E-state index is -2.31. The molecule has 228 valence electrons. The van der Waals surface area contributed by atoms with Crippen LogP contribution < -0.4 is 9.61 Å². The zero-order valence-corrected chi connectivity index (χ0v) is 28.8. The minimum absolute atomic E-state index is 0.109. The van der Waals surface area contributed by atoms with Crippen molar-refractivity contribution in [2.75, 3.05) is 0 Å². The summed E-state index contributed by atoms with van der Waals surface area (Å²) in [4.78, 5) is 0. The minimum Gasteiger partial charge on any atom is -0.540 e. The van der Waals surface area contributed by atoms with E-state index in [1.165, 1.54) is 75.9 Å². The second kappa shape index (κ2) is 13.9. The number of halogens is 2. The summed E-state index contributed by atoms with van der Waals surface area (Å²) in [6, 6.07) is 19.1. The van der Waals surface area contributed by atoms with Gasteiger partial charge < -0.3 is 4.43 Å². The maximum Gasteiger partial charge on any atom is 0.250 e.